The average Bonchev–Trinajstić information content (AvgIpc) is 3.63. The van der Waals surface area contributed by atoms with E-state index >= 15 is 0 Å². The van der Waals surface area contributed by atoms with E-state index in [0.717, 1.165) is 24.8 Å². The molecular formula is C40H64N5O9P. The highest BCUT2D eigenvalue weighted by Crippen LogP contribution is 2.44. The van der Waals surface area contributed by atoms with Gasteiger partial charge in [0.1, 0.15) is 36.3 Å². The summed E-state index contributed by atoms with van der Waals surface area (Å²) in [6, 6.07) is 12.2. The Morgan fingerprint density at radius 2 is 1.49 bits per heavy atom. The van der Waals surface area contributed by atoms with E-state index in [0.29, 0.717) is 17.7 Å². The molecule has 0 saturated heterocycles. The molecule has 0 bridgehead atoms. The second-order valence-corrected chi connectivity index (χ2v) is 15.5. The van der Waals surface area contributed by atoms with Crippen molar-refractivity contribution >= 4 is 19.2 Å². The standard InChI is InChI=1S/C40H64N5O9P/c1-3-4-5-6-7-8-9-10-11-12-13-14-15-16-17-18-24-51-28-34(52-27-33-21-19-20-32(25-33)26-41)29-53-55(48,49)54-30-37(50-2)39(47)38(46)35-22-23-36-40(42)43-31-44-45(35)36/h19-23,25,31,34,37-39,46-47H,3-18,24,27-30H2,1-2H3,(H,48,49)(H2,42,43,44)/t34-,37-,38+,39-/m1/s1. The average molecular weight is 790 g/mol. The molecule has 55 heavy (non-hydrogen) atoms. The molecule has 14 nitrogen and oxygen atoms in total. The predicted molar refractivity (Wildman–Crippen MR) is 211 cm³/mol. The number of fused-ring (bicyclic) bond motifs is 1. The number of benzene rings is 1. The van der Waals surface area contributed by atoms with Crippen LogP contribution in [-0.2, 0) is 34.4 Å². The molecule has 1 unspecified atom stereocenters. The number of methoxy groups -OCH3 is 1. The summed E-state index contributed by atoms with van der Waals surface area (Å²) in [6.45, 7) is 2.11. The van der Waals surface area contributed by atoms with E-state index in [1.807, 2.05) is 6.07 Å². The minimum atomic E-state index is -4.67. The Hall–Kier alpha value is -2.96. The minimum Gasteiger partial charge on any atom is -0.387 e. The molecule has 5 atom stereocenters. The first kappa shape index (κ1) is 46.4. The third-order valence-electron chi connectivity index (χ3n) is 9.63. The smallest absolute Gasteiger partial charge is 0.387 e. The van der Waals surface area contributed by atoms with Crippen LogP contribution in [0.3, 0.4) is 0 Å². The van der Waals surface area contributed by atoms with E-state index in [9.17, 15) is 24.9 Å². The fourth-order valence-corrected chi connectivity index (χ4v) is 7.08. The van der Waals surface area contributed by atoms with Gasteiger partial charge in [0.2, 0.25) is 0 Å². The third-order valence-corrected chi connectivity index (χ3v) is 10.6. The van der Waals surface area contributed by atoms with Crippen LogP contribution in [0.15, 0.2) is 42.7 Å². The number of aliphatic hydroxyl groups excluding tert-OH is 2. The Morgan fingerprint density at radius 3 is 2.11 bits per heavy atom. The molecule has 1 aromatic carbocycles. The zero-order chi connectivity index (χ0) is 39.7. The van der Waals surface area contributed by atoms with Crippen LogP contribution in [0.4, 0.5) is 5.82 Å². The number of aromatic nitrogens is 3. The largest absolute Gasteiger partial charge is 0.472 e. The lowest BCUT2D eigenvalue weighted by Gasteiger charge is -2.26. The second-order valence-electron chi connectivity index (χ2n) is 14.1. The lowest BCUT2D eigenvalue weighted by molar-refractivity contribution is -0.0963. The Balaban J connectivity index is 1.38. The summed E-state index contributed by atoms with van der Waals surface area (Å²) in [4.78, 5) is 14.4. The van der Waals surface area contributed by atoms with Crippen LogP contribution in [0.2, 0.25) is 0 Å². The molecule has 2 heterocycles. The number of hydrogen-bond acceptors (Lipinski definition) is 12. The van der Waals surface area contributed by atoms with E-state index in [-0.39, 0.29) is 31.3 Å². The molecule has 0 spiro atoms. The number of aliphatic hydroxyl groups is 2. The molecule has 15 heteroatoms. The fraction of sp³-hybridized carbons (Fsp3) is 0.675. The molecule has 0 amide bonds. The van der Waals surface area contributed by atoms with Crippen molar-refractivity contribution in [2.75, 3.05) is 39.3 Å². The summed E-state index contributed by atoms with van der Waals surface area (Å²) in [5.74, 6) is 0.191. The molecule has 5 N–H and O–H groups in total. The van der Waals surface area contributed by atoms with Gasteiger partial charge in [-0.25, -0.2) is 14.1 Å². The van der Waals surface area contributed by atoms with Crippen LogP contribution in [0, 0.1) is 11.3 Å². The predicted octanol–water partition coefficient (Wildman–Crippen LogP) is 7.59. The van der Waals surface area contributed by atoms with E-state index in [4.69, 9.17) is 29.0 Å². The fourth-order valence-electron chi connectivity index (χ4n) is 6.32. The van der Waals surface area contributed by atoms with Crippen molar-refractivity contribution in [2.45, 2.75) is 141 Å². The van der Waals surface area contributed by atoms with E-state index < -0.39 is 38.8 Å². The number of nitrogens with two attached hydrogens (primary N) is 1. The van der Waals surface area contributed by atoms with Crippen LogP contribution < -0.4 is 5.73 Å². The van der Waals surface area contributed by atoms with Gasteiger partial charge in [-0.05, 0) is 36.2 Å². The normalized spacial score (nSPS) is 15.1. The first-order valence-corrected chi connectivity index (χ1v) is 21.5. The molecule has 0 saturated carbocycles. The topological polar surface area (TPSA) is 204 Å². The molecule has 0 fully saturated rings. The van der Waals surface area contributed by atoms with Crippen molar-refractivity contribution in [3.63, 3.8) is 0 Å². The lowest BCUT2D eigenvalue weighted by atomic mass is 10.0. The van der Waals surface area contributed by atoms with Crippen LogP contribution in [-0.4, -0.2) is 81.6 Å². The van der Waals surface area contributed by atoms with Gasteiger partial charge in [-0.2, -0.15) is 10.4 Å². The first-order chi connectivity index (χ1) is 26.7. The Bertz CT molecular complexity index is 1570. The number of unbranched alkanes of at least 4 members (excludes halogenated alkanes) is 15. The number of ether oxygens (including phenoxy) is 3. The Kier molecular flexibility index (Phi) is 22.6. The molecular weight excluding hydrogens is 725 g/mol. The van der Waals surface area contributed by atoms with Crippen molar-refractivity contribution < 1.29 is 42.9 Å². The van der Waals surface area contributed by atoms with Gasteiger partial charge in [0, 0.05) is 13.7 Å². The number of phosphoric ester groups is 1. The molecule has 3 rings (SSSR count). The highest BCUT2D eigenvalue weighted by atomic mass is 31.2. The van der Waals surface area contributed by atoms with Gasteiger partial charge in [-0.15, -0.1) is 0 Å². The van der Waals surface area contributed by atoms with Crippen molar-refractivity contribution in [1.82, 2.24) is 14.6 Å². The number of anilines is 1. The van der Waals surface area contributed by atoms with Crippen LogP contribution >= 0.6 is 7.82 Å². The van der Waals surface area contributed by atoms with Gasteiger partial charge in [0.25, 0.3) is 0 Å². The molecule has 2 aromatic heterocycles. The van der Waals surface area contributed by atoms with Crippen LogP contribution in [0.25, 0.3) is 5.52 Å². The minimum absolute atomic E-state index is 0.113. The maximum absolute atomic E-state index is 12.9. The number of nitrogens with zero attached hydrogens (tertiary/aromatic N) is 4. The SMILES string of the molecule is CCCCCCCCCCCCCCCCCCOC[C@H](COP(=O)(O)OC[C@@H](OC)[C@@H](O)[C@@H](O)c1ccc2c(N)ncnn12)OCc1cccc(C#N)c1. The molecule has 308 valence electrons. The van der Waals surface area contributed by atoms with Gasteiger partial charge in [0.05, 0.1) is 43.8 Å². The van der Waals surface area contributed by atoms with Gasteiger partial charge < -0.3 is 35.1 Å². The second kappa shape index (κ2) is 26.8. The highest BCUT2D eigenvalue weighted by molar-refractivity contribution is 7.47. The monoisotopic (exact) mass is 789 g/mol. The molecule has 3 aromatic rings. The summed E-state index contributed by atoms with van der Waals surface area (Å²) in [7, 11) is -3.40. The van der Waals surface area contributed by atoms with Crippen LogP contribution in [0.1, 0.15) is 133 Å². The highest BCUT2D eigenvalue weighted by Gasteiger charge is 2.33. The maximum Gasteiger partial charge on any atom is 0.472 e. The van der Waals surface area contributed by atoms with E-state index in [2.05, 4.69) is 23.1 Å². The molecule has 0 aliphatic rings. The van der Waals surface area contributed by atoms with Crippen LogP contribution in [0.5, 0.6) is 0 Å². The summed E-state index contributed by atoms with van der Waals surface area (Å²) < 4.78 is 41.9. The number of hydrogen-bond donors (Lipinski definition) is 4. The molecule has 0 aliphatic carbocycles. The van der Waals surface area contributed by atoms with Crippen molar-refractivity contribution in [1.29, 1.82) is 5.26 Å². The van der Waals surface area contributed by atoms with E-state index in [1.165, 1.54) is 107 Å². The number of rotatable bonds is 32. The van der Waals surface area contributed by atoms with E-state index in [1.54, 1.807) is 24.3 Å². The first-order valence-electron chi connectivity index (χ1n) is 20.0. The number of phosphoric acid groups is 1. The Morgan fingerprint density at radius 1 is 0.873 bits per heavy atom. The van der Waals surface area contributed by atoms with Crippen molar-refractivity contribution in [3.05, 3.63) is 59.5 Å². The van der Waals surface area contributed by atoms with Gasteiger partial charge in [0.15, 0.2) is 5.82 Å². The summed E-state index contributed by atoms with van der Waals surface area (Å²) in [5, 5.41) is 35.1. The van der Waals surface area contributed by atoms with Gasteiger partial charge in [-0.1, -0.05) is 115 Å². The third kappa shape index (κ3) is 17.8. The molecule has 0 radical (unpaired) electrons. The summed E-state index contributed by atoms with van der Waals surface area (Å²) in [5.41, 5.74) is 7.76. The van der Waals surface area contributed by atoms with Gasteiger partial charge >= 0.3 is 7.82 Å². The maximum atomic E-state index is 12.9. The number of nitriles is 1. The quantitative estimate of drug-likeness (QED) is 0.0356. The van der Waals surface area contributed by atoms with Gasteiger partial charge in [-0.3, -0.25) is 9.05 Å². The zero-order valence-corrected chi connectivity index (χ0v) is 33.7. The summed E-state index contributed by atoms with van der Waals surface area (Å²) in [6.07, 6.45) is 16.7. The van der Waals surface area contributed by atoms with Crippen molar-refractivity contribution in [2.24, 2.45) is 0 Å². The number of nitrogen functional groups attached to an aromatic ring is 1. The zero-order valence-electron chi connectivity index (χ0n) is 32.8. The summed E-state index contributed by atoms with van der Waals surface area (Å²) >= 11 is 0. The lowest BCUT2D eigenvalue weighted by Crippen LogP contribution is -2.37. The Labute approximate surface area is 326 Å². The van der Waals surface area contributed by atoms with Crippen molar-refractivity contribution in [3.8, 4) is 6.07 Å². The molecule has 0 aliphatic heterocycles.